The molecule has 0 unspecified atom stereocenters. The topological polar surface area (TPSA) is 75.6 Å². The molecule has 5 nitrogen and oxygen atoms in total. The van der Waals surface area contributed by atoms with Crippen LogP contribution in [0.15, 0.2) is 30.3 Å². The molecular weight excluding hydrogens is 258 g/mol. The Labute approximate surface area is 118 Å². The third-order valence-corrected chi connectivity index (χ3v) is 2.44. The van der Waals surface area contributed by atoms with Crippen LogP contribution in [0.4, 0.5) is 0 Å². The molecule has 1 aromatic carbocycles. The molecule has 0 radical (unpaired) electrons. The Kier molecular flexibility index (Phi) is 6.46. The number of hydrogen-bond donors (Lipinski definition) is 2. The highest BCUT2D eigenvalue weighted by Crippen LogP contribution is 2.06. The molecule has 1 rings (SSSR count). The third-order valence-electron chi connectivity index (χ3n) is 2.44. The van der Waals surface area contributed by atoms with Crippen LogP contribution in [-0.2, 0) is 20.9 Å². The number of carboxylic acid groups (broad SMARTS) is 1. The number of amides is 1. The van der Waals surface area contributed by atoms with E-state index in [1.807, 2.05) is 26.0 Å². The Morgan fingerprint density at radius 1 is 1.30 bits per heavy atom. The summed E-state index contributed by atoms with van der Waals surface area (Å²) in [4.78, 5) is 21.8. The molecule has 0 aliphatic rings. The zero-order valence-corrected chi connectivity index (χ0v) is 11.6. The first kappa shape index (κ1) is 15.9. The van der Waals surface area contributed by atoms with Crippen molar-refractivity contribution in [3.8, 4) is 0 Å². The molecule has 20 heavy (non-hydrogen) atoms. The lowest BCUT2D eigenvalue weighted by molar-refractivity contribution is -0.131. The van der Waals surface area contributed by atoms with E-state index in [1.165, 1.54) is 6.08 Å². The van der Waals surface area contributed by atoms with E-state index >= 15 is 0 Å². The summed E-state index contributed by atoms with van der Waals surface area (Å²) >= 11 is 0. The van der Waals surface area contributed by atoms with Crippen LogP contribution in [0.3, 0.4) is 0 Å². The van der Waals surface area contributed by atoms with Gasteiger partial charge >= 0.3 is 5.97 Å². The summed E-state index contributed by atoms with van der Waals surface area (Å²) in [7, 11) is 0. The number of carbonyl (C=O) groups is 2. The monoisotopic (exact) mass is 277 g/mol. The summed E-state index contributed by atoms with van der Waals surface area (Å²) in [5.74, 6) is -1.14. The predicted molar refractivity (Wildman–Crippen MR) is 76.0 cm³/mol. The van der Waals surface area contributed by atoms with Crippen LogP contribution in [0.25, 0.3) is 6.08 Å². The lowest BCUT2D eigenvalue weighted by Crippen LogP contribution is -2.28. The Balaban J connectivity index is 2.42. The van der Waals surface area contributed by atoms with E-state index < -0.39 is 5.97 Å². The quantitative estimate of drug-likeness (QED) is 0.745. The van der Waals surface area contributed by atoms with Crippen molar-refractivity contribution < 1.29 is 19.4 Å². The normalized spacial score (nSPS) is 10.9. The molecule has 0 heterocycles. The molecule has 0 fully saturated rings. The molecule has 0 aromatic heterocycles. The van der Waals surface area contributed by atoms with Crippen LogP contribution in [0.2, 0.25) is 0 Å². The molecule has 0 aliphatic heterocycles. The number of benzene rings is 1. The molecule has 0 atom stereocenters. The molecule has 0 aliphatic carbocycles. The lowest BCUT2D eigenvalue weighted by atomic mass is 10.1. The minimum absolute atomic E-state index is 0.0288. The zero-order valence-electron chi connectivity index (χ0n) is 11.6. The highest BCUT2D eigenvalue weighted by molar-refractivity contribution is 5.85. The fourth-order valence-electron chi connectivity index (χ4n) is 1.41. The minimum Gasteiger partial charge on any atom is -0.478 e. The van der Waals surface area contributed by atoms with Crippen LogP contribution < -0.4 is 5.32 Å². The lowest BCUT2D eigenvalue weighted by Gasteiger charge is -2.08. The van der Waals surface area contributed by atoms with Crippen molar-refractivity contribution in [1.29, 1.82) is 0 Å². The smallest absolute Gasteiger partial charge is 0.328 e. The summed E-state index contributed by atoms with van der Waals surface area (Å²) in [6.45, 7) is 4.22. The minimum atomic E-state index is -0.980. The van der Waals surface area contributed by atoms with Crippen molar-refractivity contribution in [2.45, 2.75) is 26.5 Å². The molecule has 1 aromatic rings. The van der Waals surface area contributed by atoms with Gasteiger partial charge in [0.25, 0.3) is 0 Å². The number of rotatable bonds is 7. The largest absolute Gasteiger partial charge is 0.478 e. The van der Waals surface area contributed by atoms with Gasteiger partial charge in [-0.25, -0.2) is 4.79 Å². The van der Waals surface area contributed by atoms with Crippen molar-refractivity contribution in [2.24, 2.45) is 0 Å². The second-order valence-electron chi connectivity index (χ2n) is 4.55. The fourth-order valence-corrected chi connectivity index (χ4v) is 1.41. The molecular formula is C15H19NO4. The van der Waals surface area contributed by atoms with Crippen molar-refractivity contribution in [3.05, 3.63) is 41.5 Å². The summed E-state index contributed by atoms with van der Waals surface area (Å²) in [6.07, 6.45) is 2.63. The van der Waals surface area contributed by atoms with Crippen LogP contribution in [-0.4, -0.2) is 29.7 Å². The molecule has 0 saturated carbocycles. The van der Waals surface area contributed by atoms with Gasteiger partial charge in [-0.05, 0) is 31.1 Å². The number of aliphatic carboxylic acids is 1. The van der Waals surface area contributed by atoms with Crippen molar-refractivity contribution in [1.82, 2.24) is 5.32 Å². The molecule has 0 bridgehead atoms. The van der Waals surface area contributed by atoms with Gasteiger partial charge in [0.05, 0.1) is 6.10 Å². The Morgan fingerprint density at radius 2 is 1.95 bits per heavy atom. The van der Waals surface area contributed by atoms with Crippen molar-refractivity contribution >= 4 is 18.0 Å². The van der Waals surface area contributed by atoms with Gasteiger partial charge in [0.1, 0.15) is 6.61 Å². The number of nitrogens with one attached hydrogen (secondary N) is 1. The maximum Gasteiger partial charge on any atom is 0.328 e. The number of carboxylic acids is 1. The maximum absolute atomic E-state index is 11.5. The number of hydrogen-bond acceptors (Lipinski definition) is 3. The molecule has 0 spiro atoms. The second-order valence-corrected chi connectivity index (χ2v) is 4.55. The molecule has 1 amide bonds. The number of carbonyl (C=O) groups excluding carboxylic acids is 1. The summed E-state index contributed by atoms with van der Waals surface area (Å²) < 4.78 is 5.19. The van der Waals surface area contributed by atoms with E-state index in [4.69, 9.17) is 9.84 Å². The van der Waals surface area contributed by atoms with Crippen molar-refractivity contribution in [2.75, 3.05) is 6.61 Å². The van der Waals surface area contributed by atoms with E-state index in [0.717, 1.165) is 17.2 Å². The first-order valence-electron chi connectivity index (χ1n) is 6.35. The van der Waals surface area contributed by atoms with E-state index in [1.54, 1.807) is 12.1 Å². The van der Waals surface area contributed by atoms with Crippen LogP contribution >= 0.6 is 0 Å². The Hall–Kier alpha value is -2.14. The third kappa shape index (κ3) is 6.70. The maximum atomic E-state index is 11.5. The average molecular weight is 277 g/mol. The average Bonchev–Trinajstić information content (AvgIpc) is 2.41. The summed E-state index contributed by atoms with van der Waals surface area (Å²) in [6, 6.07) is 7.27. The van der Waals surface area contributed by atoms with Crippen LogP contribution in [0.5, 0.6) is 0 Å². The number of ether oxygens (including phenoxy) is 1. The van der Waals surface area contributed by atoms with Crippen LogP contribution in [0.1, 0.15) is 25.0 Å². The van der Waals surface area contributed by atoms with Crippen LogP contribution in [0, 0.1) is 0 Å². The van der Waals surface area contributed by atoms with Gasteiger partial charge in [-0.1, -0.05) is 24.3 Å². The van der Waals surface area contributed by atoms with Gasteiger partial charge in [0.2, 0.25) is 5.91 Å². The first-order chi connectivity index (χ1) is 9.47. The van der Waals surface area contributed by atoms with E-state index in [-0.39, 0.29) is 18.6 Å². The van der Waals surface area contributed by atoms with E-state index in [0.29, 0.717) is 6.54 Å². The Bertz CT molecular complexity index is 477. The van der Waals surface area contributed by atoms with Gasteiger partial charge in [0, 0.05) is 12.6 Å². The van der Waals surface area contributed by atoms with E-state index in [9.17, 15) is 9.59 Å². The molecule has 5 heteroatoms. The van der Waals surface area contributed by atoms with E-state index in [2.05, 4.69) is 5.32 Å². The van der Waals surface area contributed by atoms with Gasteiger partial charge in [-0.15, -0.1) is 0 Å². The Morgan fingerprint density at radius 3 is 2.50 bits per heavy atom. The summed E-state index contributed by atoms with van der Waals surface area (Å²) in [5, 5.41) is 11.3. The predicted octanol–water partition coefficient (Wildman–Crippen LogP) is 1.83. The molecule has 108 valence electrons. The van der Waals surface area contributed by atoms with Crippen molar-refractivity contribution in [3.63, 3.8) is 0 Å². The zero-order chi connectivity index (χ0) is 15.0. The van der Waals surface area contributed by atoms with Gasteiger partial charge in [-0.3, -0.25) is 4.79 Å². The van der Waals surface area contributed by atoms with Gasteiger partial charge in [-0.2, -0.15) is 0 Å². The summed E-state index contributed by atoms with van der Waals surface area (Å²) in [5.41, 5.74) is 1.74. The highest BCUT2D eigenvalue weighted by Gasteiger charge is 2.03. The second kappa shape index (κ2) is 8.12. The van der Waals surface area contributed by atoms with Gasteiger partial charge in [0.15, 0.2) is 0 Å². The molecule has 0 saturated heterocycles. The highest BCUT2D eigenvalue weighted by atomic mass is 16.5. The fraction of sp³-hybridized carbons (Fsp3) is 0.333. The first-order valence-corrected chi connectivity index (χ1v) is 6.35. The standard InChI is InChI=1S/C15H19NO4/c1-11(2)20-10-14(17)16-9-13-5-3-12(4-6-13)7-8-15(18)19/h3-8,11H,9-10H2,1-2H3,(H,16,17)(H,18,19)/b8-7+. The van der Waals surface area contributed by atoms with Gasteiger partial charge < -0.3 is 15.2 Å². The molecule has 2 N–H and O–H groups in total. The SMILES string of the molecule is CC(C)OCC(=O)NCc1ccc(/C=C/C(=O)O)cc1.